The maximum Gasteiger partial charge on any atom is 0.231 e. The summed E-state index contributed by atoms with van der Waals surface area (Å²) in [7, 11) is 1.87. The van der Waals surface area contributed by atoms with E-state index in [1.165, 1.54) is 5.56 Å². The van der Waals surface area contributed by atoms with E-state index in [-0.39, 0.29) is 17.2 Å². The fraction of sp³-hybridized carbons (Fsp3) is 0.316. The minimum Gasteiger partial charge on any atom is -0.315 e. The largest absolute Gasteiger partial charge is 0.315 e. The lowest BCUT2D eigenvalue weighted by atomic mass is 10.0. The first-order chi connectivity index (χ1) is 10.0. The molecule has 2 aromatic carbocycles. The Kier molecular flexibility index (Phi) is 3.32. The van der Waals surface area contributed by atoms with E-state index in [1.54, 1.807) is 4.90 Å². The number of nitrogens with zero attached hydrogens (tertiary/aromatic N) is 1. The molecule has 108 valence electrons. The number of carbonyl (C=O) groups excluding carboxylic acids is 1. The van der Waals surface area contributed by atoms with Crippen molar-refractivity contribution in [2.24, 2.45) is 11.3 Å². The number of rotatable bonds is 3. The molecule has 1 amide bonds. The van der Waals surface area contributed by atoms with Crippen LogP contribution in [-0.4, -0.2) is 13.0 Å². The van der Waals surface area contributed by atoms with Gasteiger partial charge < -0.3 is 4.90 Å². The SMILES string of the molecule is CN(C(=O)C1C(c2ccccc2)C1(C)C)c1ccccc1. The molecule has 1 fully saturated rings. The molecule has 21 heavy (non-hydrogen) atoms. The molecule has 0 N–H and O–H groups in total. The second kappa shape index (κ2) is 5.03. The Morgan fingerprint density at radius 3 is 2.05 bits per heavy atom. The third-order valence-corrected chi connectivity index (χ3v) is 4.73. The molecule has 2 unspecified atom stereocenters. The third-order valence-electron chi connectivity index (χ3n) is 4.73. The lowest BCUT2D eigenvalue weighted by Crippen LogP contribution is -2.29. The van der Waals surface area contributed by atoms with Crippen LogP contribution in [0.15, 0.2) is 60.7 Å². The van der Waals surface area contributed by atoms with Crippen LogP contribution in [0.1, 0.15) is 25.3 Å². The molecule has 0 saturated heterocycles. The summed E-state index contributed by atoms with van der Waals surface area (Å²) in [5, 5.41) is 0. The minimum absolute atomic E-state index is 0.0292. The number of hydrogen-bond donors (Lipinski definition) is 0. The highest BCUT2D eigenvalue weighted by Gasteiger charge is 2.62. The van der Waals surface area contributed by atoms with Crippen LogP contribution in [0.5, 0.6) is 0 Å². The Morgan fingerprint density at radius 2 is 1.48 bits per heavy atom. The van der Waals surface area contributed by atoms with Gasteiger partial charge in [-0.05, 0) is 23.1 Å². The zero-order chi connectivity index (χ0) is 15.0. The lowest BCUT2D eigenvalue weighted by Gasteiger charge is -2.18. The van der Waals surface area contributed by atoms with E-state index in [1.807, 2.05) is 55.6 Å². The summed E-state index contributed by atoms with van der Waals surface area (Å²) >= 11 is 0. The zero-order valence-corrected chi connectivity index (χ0v) is 12.8. The van der Waals surface area contributed by atoms with E-state index in [4.69, 9.17) is 0 Å². The van der Waals surface area contributed by atoms with Crippen LogP contribution >= 0.6 is 0 Å². The number of carbonyl (C=O) groups is 1. The topological polar surface area (TPSA) is 20.3 Å². The van der Waals surface area contributed by atoms with Gasteiger partial charge in [-0.3, -0.25) is 4.79 Å². The van der Waals surface area contributed by atoms with Gasteiger partial charge in [0, 0.05) is 18.7 Å². The van der Waals surface area contributed by atoms with Crippen molar-refractivity contribution in [1.29, 1.82) is 0 Å². The summed E-state index contributed by atoms with van der Waals surface area (Å²) < 4.78 is 0. The molecule has 2 heteroatoms. The van der Waals surface area contributed by atoms with Gasteiger partial charge in [0.05, 0.1) is 5.92 Å². The molecule has 1 saturated carbocycles. The van der Waals surface area contributed by atoms with Gasteiger partial charge in [-0.25, -0.2) is 0 Å². The van der Waals surface area contributed by atoms with Crippen molar-refractivity contribution < 1.29 is 4.79 Å². The zero-order valence-electron chi connectivity index (χ0n) is 12.8. The minimum atomic E-state index is 0.0292. The Bertz CT molecular complexity index is 633. The lowest BCUT2D eigenvalue weighted by molar-refractivity contribution is -0.120. The Morgan fingerprint density at radius 1 is 0.952 bits per heavy atom. The van der Waals surface area contributed by atoms with Gasteiger partial charge in [0.25, 0.3) is 0 Å². The monoisotopic (exact) mass is 279 g/mol. The van der Waals surface area contributed by atoms with Crippen molar-refractivity contribution in [3.63, 3.8) is 0 Å². The van der Waals surface area contributed by atoms with Gasteiger partial charge in [-0.1, -0.05) is 62.4 Å². The first-order valence-electron chi connectivity index (χ1n) is 7.41. The molecule has 0 aromatic heterocycles. The molecule has 2 atom stereocenters. The summed E-state index contributed by atoms with van der Waals surface area (Å²) in [6.07, 6.45) is 0. The van der Waals surface area contributed by atoms with Gasteiger partial charge >= 0.3 is 0 Å². The number of para-hydroxylation sites is 1. The van der Waals surface area contributed by atoms with E-state index < -0.39 is 0 Å². The number of hydrogen-bond acceptors (Lipinski definition) is 1. The highest BCUT2D eigenvalue weighted by molar-refractivity contribution is 5.98. The molecule has 0 aliphatic heterocycles. The summed E-state index contributed by atoms with van der Waals surface area (Å²) in [6.45, 7) is 4.37. The molecule has 1 aliphatic carbocycles. The van der Waals surface area contributed by atoms with Crippen molar-refractivity contribution in [3.8, 4) is 0 Å². The quantitative estimate of drug-likeness (QED) is 0.828. The van der Waals surface area contributed by atoms with Crippen LogP contribution in [0.4, 0.5) is 5.69 Å². The van der Waals surface area contributed by atoms with Gasteiger partial charge in [-0.2, -0.15) is 0 Å². The molecule has 1 aliphatic rings. The Hall–Kier alpha value is -2.09. The fourth-order valence-corrected chi connectivity index (χ4v) is 3.37. The maximum absolute atomic E-state index is 12.8. The standard InChI is InChI=1S/C19H21NO/c1-19(2)16(14-10-6-4-7-11-14)17(19)18(21)20(3)15-12-8-5-9-13-15/h4-13,16-17H,1-3H3. The van der Waals surface area contributed by atoms with Crippen LogP contribution < -0.4 is 4.90 Å². The predicted octanol–water partition coefficient (Wildman–Crippen LogP) is 4.09. The van der Waals surface area contributed by atoms with Gasteiger partial charge in [0.2, 0.25) is 5.91 Å². The molecule has 3 rings (SSSR count). The van der Waals surface area contributed by atoms with Crippen molar-refractivity contribution in [2.75, 3.05) is 11.9 Å². The van der Waals surface area contributed by atoms with Gasteiger partial charge in [0.15, 0.2) is 0 Å². The fourth-order valence-electron chi connectivity index (χ4n) is 3.37. The first kappa shape index (κ1) is 13.9. The molecule has 2 aromatic rings. The number of anilines is 1. The van der Waals surface area contributed by atoms with Gasteiger partial charge in [0.1, 0.15) is 0 Å². The van der Waals surface area contributed by atoms with Crippen LogP contribution in [0.3, 0.4) is 0 Å². The van der Waals surface area contributed by atoms with Crippen LogP contribution in [0.2, 0.25) is 0 Å². The molecule has 0 spiro atoms. The average Bonchev–Trinajstić information content (AvgIpc) is 3.10. The second-order valence-corrected chi connectivity index (χ2v) is 6.42. The van der Waals surface area contributed by atoms with E-state index in [2.05, 4.69) is 26.0 Å². The molecule has 0 radical (unpaired) electrons. The summed E-state index contributed by atoms with van der Waals surface area (Å²) in [5.74, 6) is 0.586. The van der Waals surface area contributed by atoms with Crippen molar-refractivity contribution in [2.45, 2.75) is 19.8 Å². The molecule has 0 bridgehead atoms. The highest BCUT2D eigenvalue weighted by atomic mass is 16.2. The van der Waals surface area contributed by atoms with Gasteiger partial charge in [-0.15, -0.1) is 0 Å². The predicted molar refractivity (Wildman–Crippen MR) is 86.3 cm³/mol. The van der Waals surface area contributed by atoms with Crippen LogP contribution in [0, 0.1) is 11.3 Å². The van der Waals surface area contributed by atoms with E-state index in [9.17, 15) is 4.79 Å². The molecule has 2 nitrogen and oxygen atoms in total. The molecule has 0 heterocycles. The Labute approximate surface area is 126 Å². The van der Waals surface area contributed by atoms with Crippen molar-refractivity contribution in [1.82, 2.24) is 0 Å². The molecular weight excluding hydrogens is 258 g/mol. The second-order valence-electron chi connectivity index (χ2n) is 6.42. The highest BCUT2D eigenvalue weighted by Crippen LogP contribution is 2.64. The maximum atomic E-state index is 12.8. The summed E-state index contributed by atoms with van der Waals surface area (Å²) in [4.78, 5) is 14.6. The summed E-state index contributed by atoms with van der Waals surface area (Å²) in [5.41, 5.74) is 2.25. The van der Waals surface area contributed by atoms with E-state index >= 15 is 0 Å². The average molecular weight is 279 g/mol. The number of amides is 1. The summed E-state index contributed by atoms with van der Waals surface area (Å²) in [6, 6.07) is 20.2. The number of benzene rings is 2. The van der Waals surface area contributed by atoms with E-state index in [0.29, 0.717) is 5.92 Å². The van der Waals surface area contributed by atoms with Crippen LogP contribution in [0.25, 0.3) is 0 Å². The van der Waals surface area contributed by atoms with Crippen molar-refractivity contribution in [3.05, 3.63) is 66.2 Å². The van der Waals surface area contributed by atoms with Crippen molar-refractivity contribution >= 4 is 11.6 Å². The van der Waals surface area contributed by atoms with Crippen LogP contribution in [-0.2, 0) is 4.79 Å². The molecular formula is C19H21NO. The normalized spacial score (nSPS) is 22.6. The smallest absolute Gasteiger partial charge is 0.231 e. The third kappa shape index (κ3) is 2.35. The first-order valence-corrected chi connectivity index (χ1v) is 7.41. The van der Waals surface area contributed by atoms with E-state index in [0.717, 1.165) is 5.69 Å². The Balaban J connectivity index is 1.83.